The van der Waals surface area contributed by atoms with Gasteiger partial charge in [0.25, 0.3) is 5.91 Å². The van der Waals surface area contributed by atoms with E-state index in [1.165, 1.54) is 19.3 Å². The van der Waals surface area contributed by atoms with Gasteiger partial charge in [-0.3, -0.25) is 14.4 Å². The molecule has 0 unspecified atom stereocenters. The van der Waals surface area contributed by atoms with Crippen LogP contribution < -0.4 is 10.6 Å². The molecule has 1 saturated heterocycles. The Kier molecular flexibility index (Phi) is 4.83. The fraction of sp³-hybridized carbons (Fsp3) is 0.625. The summed E-state index contributed by atoms with van der Waals surface area (Å²) in [7, 11) is 1.59. The molecule has 30 heavy (non-hydrogen) atoms. The van der Waals surface area contributed by atoms with Crippen LogP contribution in [0.25, 0.3) is 0 Å². The second kappa shape index (κ2) is 7.40. The standard InChI is InChI=1S/C24H31N3O3/c1-25-21(28)18-4-6-19(7-5-18)26-22(29)20-3-2-8-27(20)23(30)24-12-15-9-16(13-24)11-17(10-15)14-24/h4-7,15-17,20H,2-3,8-14H2,1H3,(H,25,28)(H,26,29)/t15?,16?,17?,20-,24?/m0/s1. The van der Waals surface area contributed by atoms with Crippen molar-refractivity contribution in [3.63, 3.8) is 0 Å². The maximum atomic E-state index is 13.7. The Morgan fingerprint density at radius 2 is 1.57 bits per heavy atom. The van der Waals surface area contributed by atoms with Gasteiger partial charge < -0.3 is 15.5 Å². The van der Waals surface area contributed by atoms with Gasteiger partial charge in [-0.05, 0) is 93.4 Å². The van der Waals surface area contributed by atoms with E-state index in [1.807, 2.05) is 4.90 Å². The molecule has 5 aliphatic rings. The number of nitrogens with zero attached hydrogens (tertiary/aromatic N) is 1. The van der Waals surface area contributed by atoms with Gasteiger partial charge in [-0.15, -0.1) is 0 Å². The highest BCUT2D eigenvalue weighted by atomic mass is 16.2. The predicted molar refractivity (Wildman–Crippen MR) is 114 cm³/mol. The van der Waals surface area contributed by atoms with Crippen molar-refractivity contribution in [2.45, 2.75) is 57.4 Å². The molecule has 0 aromatic heterocycles. The molecule has 5 fully saturated rings. The van der Waals surface area contributed by atoms with Crippen molar-refractivity contribution in [3.05, 3.63) is 29.8 Å². The average molecular weight is 410 g/mol. The van der Waals surface area contributed by atoms with Crippen molar-refractivity contribution in [1.82, 2.24) is 10.2 Å². The molecule has 0 spiro atoms. The van der Waals surface area contributed by atoms with Gasteiger partial charge >= 0.3 is 0 Å². The number of carbonyl (C=O) groups is 3. The van der Waals surface area contributed by atoms with Crippen molar-refractivity contribution in [3.8, 4) is 0 Å². The molecule has 1 aromatic carbocycles. The summed E-state index contributed by atoms with van der Waals surface area (Å²) < 4.78 is 0. The first-order valence-corrected chi connectivity index (χ1v) is 11.4. The van der Waals surface area contributed by atoms with E-state index < -0.39 is 0 Å². The lowest BCUT2D eigenvalue weighted by molar-refractivity contribution is -0.160. The number of amides is 3. The number of hydrogen-bond acceptors (Lipinski definition) is 3. The first kappa shape index (κ1) is 19.6. The third-order valence-corrected chi connectivity index (χ3v) is 7.95. The molecule has 3 amide bonds. The van der Waals surface area contributed by atoms with Gasteiger partial charge in [0.05, 0.1) is 5.41 Å². The molecular weight excluding hydrogens is 378 g/mol. The molecule has 0 radical (unpaired) electrons. The topological polar surface area (TPSA) is 78.5 Å². The zero-order valence-electron chi connectivity index (χ0n) is 17.7. The summed E-state index contributed by atoms with van der Waals surface area (Å²) in [5.74, 6) is 2.13. The molecule has 4 aliphatic carbocycles. The number of hydrogen-bond donors (Lipinski definition) is 2. The van der Waals surface area contributed by atoms with Crippen LogP contribution in [0.15, 0.2) is 24.3 Å². The Morgan fingerprint density at radius 3 is 2.13 bits per heavy atom. The summed E-state index contributed by atoms with van der Waals surface area (Å²) in [6.45, 7) is 0.689. The molecule has 4 saturated carbocycles. The summed E-state index contributed by atoms with van der Waals surface area (Å²) >= 11 is 0. The van der Waals surface area contributed by atoms with Crippen molar-refractivity contribution >= 4 is 23.4 Å². The molecule has 1 atom stereocenters. The highest BCUT2D eigenvalue weighted by molar-refractivity contribution is 5.99. The number of benzene rings is 1. The summed E-state index contributed by atoms with van der Waals surface area (Å²) in [5, 5.41) is 5.55. The number of carbonyl (C=O) groups excluding carboxylic acids is 3. The van der Waals surface area contributed by atoms with Gasteiger partial charge in [-0.2, -0.15) is 0 Å². The molecule has 6 rings (SSSR count). The van der Waals surface area contributed by atoms with E-state index in [0.717, 1.165) is 32.1 Å². The van der Waals surface area contributed by atoms with E-state index >= 15 is 0 Å². The first-order valence-electron chi connectivity index (χ1n) is 11.4. The molecule has 6 heteroatoms. The minimum Gasteiger partial charge on any atom is -0.355 e. The number of rotatable bonds is 4. The van der Waals surface area contributed by atoms with Gasteiger partial charge in [0.2, 0.25) is 11.8 Å². The van der Waals surface area contributed by atoms with Crippen molar-refractivity contribution in [1.29, 1.82) is 0 Å². The Morgan fingerprint density at radius 1 is 0.967 bits per heavy atom. The third-order valence-electron chi connectivity index (χ3n) is 7.95. The van der Waals surface area contributed by atoms with Gasteiger partial charge in [0, 0.05) is 24.8 Å². The van der Waals surface area contributed by atoms with Crippen LogP contribution in [0.5, 0.6) is 0 Å². The van der Waals surface area contributed by atoms with E-state index in [-0.39, 0.29) is 29.2 Å². The van der Waals surface area contributed by atoms with Gasteiger partial charge in [-0.1, -0.05) is 0 Å². The maximum Gasteiger partial charge on any atom is 0.251 e. The monoisotopic (exact) mass is 409 g/mol. The van der Waals surface area contributed by atoms with Crippen LogP contribution >= 0.6 is 0 Å². The van der Waals surface area contributed by atoms with E-state index in [0.29, 0.717) is 35.5 Å². The molecule has 2 N–H and O–H groups in total. The number of nitrogens with one attached hydrogen (secondary N) is 2. The van der Waals surface area contributed by atoms with Crippen LogP contribution in [0.3, 0.4) is 0 Å². The highest BCUT2D eigenvalue weighted by Crippen LogP contribution is 2.60. The molecule has 4 bridgehead atoms. The zero-order valence-corrected chi connectivity index (χ0v) is 17.7. The second-order valence-corrected chi connectivity index (χ2v) is 10.0. The van der Waals surface area contributed by atoms with Crippen LogP contribution in [-0.4, -0.2) is 42.3 Å². The number of anilines is 1. The van der Waals surface area contributed by atoms with Crippen LogP contribution in [0, 0.1) is 23.2 Å². The summed E-state index contributed by atoms with van der Waals surface area (Å²) in [6.07, 6.45) is 8.62. The normalized spacial score (nSPS) is 34.1. The van der Waals surface area contributed by atoms with Crippen molar-refractivity contribution in [2.24, 2.45) is 23.2 Å². The molecule has 6 nitrogen and oxygen atoms in total. The Balaban J connectivity index is 1.28. The first-order chi connectivity index (χ1) is 14.5. The minimum absolute atomic E-state index is 0.113. The van der Waals surface area contributed by atoms with Crippen LogP contribution in [0.4, 0.5) is 5.69 Å². The lowest BCUT2D eigenvalue weighted by atomic mass is 9.49. The van der Waals surface area contributed by atoms with Crippen LogP contribution in [-0.2, 0) is 9.59 Å². The molecule has 1 aliphatic heterocycles. The molecule has 160 valence electrons. The quantitative estimate of drug-likeness (QED) is 0.802. The largest absolute Gasteiger partial charge is 0.355 e. The smallest absolute Gasteiger partial charge is 0.251 e. The third kappa shape index (κ3) is 3.30. The summed E-state index contributed by atoms with van der Waals surface area (Å²) in [6, 6.07) is 6.48. The number of likely N-dealkylation sites (tertiary alicyclic amines) is 1. The molecule has 1 heterocycles. The van der Waals surface area contributed by atoms with Crippen LogP contribution in [0.1, 0.15) is 61.7 Å². The fourth-order valence-electron chi connectivity index (χ4n) is 7.03. The lowest BCUT2D eigenvalue weighted by Gasteiger charge is -2.56. The zero-order chi connectivity index (χ0) is 20.9. The second-order valence-electron chi connectivity index (χ2n) is 10.0. The Bertz CT molecular complexity index is 828. The van der Waals surface area contributed by atoms with E-state index in [4.69, 9.17) is 0 Å². The van der Waals surface area contributed by atoms with Gasteiger partial charge in [0.15, 0.2) is 0 Å². The van der Waals surface area contributed by atoms with E-state index in [1.54, 1.807) is 31.3 Å². The summed E-state index contributed by atoms with van der Waals surface area (Å²) in [5.41, 5.74) is 1.00. The van der Waals surface area contributed by atoms with E-state index in [9.17, 15) is 14.4 Å². The SMILES string of the molecule is CNC(=O)c1ccc(NC(=O)[C@@H]2CCCN2C(=O)C23CC4CC(CC(C4)C2)C3)cc1. The average Bonchev–Trinajstić information content (AvgIpc) is 3.22. The molecule has 1 aromatic rings. The summed E-state index contributed by atoms with van der Waals surface area (Å²) in [4.78, 5) is 40.4. The van der Waals surface area contributed by atoms with Gasteiger partial charge in [0.1, 0.15) is 6.04 Å². The highest BCUT2D eigenvalue weighted by Gasteiger charge is 2.56. The van der Waals surface area contributed by atoms with Crippen molar-refractivity contribution in [2.75, 3.05) is 18.9 Å². The van der Waals surface area contributed by atoms with Gasteiger partial charge in [-0.25, -0.2) is 0 Å². The maximum absolute atomic E-state index is 13.7. The molecular formula is C24H31N3O3. The fourth-order valence-corrected chi connectivity index (χ4v) is 7.03. The minimum atomic E-state index is -0.385. The lowest BCUT2D eigenvalue weighted by Crippen LogP contribution is -2.56. The van der Waals surface area contributed by atoms with E-state index in [2.05, 4.69) is 10.6 Å². The Labute approximate surface area is 177 Å². The predicted octanol–water partition coefficient (Wildman–Crippen LogP) is 3.19. The Hall–Kier alpha value is -2.37. The van der Waals surface area contributed by atoms with Crippen molar-refractivity contribution < 1.29 is 14.4 Å². The van der Waals surface area contributed by atoms with Crippen LogP contribution in [0.2, 0.25) is 0 Å².